The number of hydrogen-bond donors (Lipinski definition) is 0. The predicted octanol–water partition coefficient (Wildman–Crippen LogP) is 3.43. The van der Waals surface area contributed by atoms with E-state index in [1.165, 1.54) is 11.3 Å². The Balaban J connectivity index is 1.82. The van der Waals surface area contributed by atoms with Crippen LogP contribution in [-0.4, -0.2) is 49.7 Å². The van der Waals surface area contributed by atoms with Gasteiger partial charge in [-0.15, -0.1) is 11.3 Å². The summed E-state index contributed by atoms with van der Waals surface area (Å²) < 4.78 is 27.5. The summed E-state index contributed by atoms with van der Waals surface area (Å²) in [5.74, 6) is 0.922. The molecule has 2 aliphatic heterocycles. The van der Waals surface area contributed by atoms with E-state index in [9.17, 15) is 13.2 Å². The van der Waals surface area contributed by atoms with Crippen molar-refractivity contribution in [2.75, 3.05) is 26.2 Å². The quantitative estimate of drug-likeness (QED) is 0.799. The van der Waals surface area contributed by atoms with E-state index in [1.807, 2.05) is 4.90 Å². The smallest absolute Gasteiger partial charge is 0.265 e. The molecule has 2 aliphatic rings. The molecule has 3 rings (SSSR count). The van der Waals surface area contributed by atoms with Crippen molar-refractivity contribution < 1.29 is 13.2 Å². The fraction of sp³-hybridized carbons (Fsp3) is 0.722. The fourth-order valence-electron chi connectivity index (χ4n) is 3.78. The topological polar surface area (TPSA) is 57.7 Å². The van der Waals surface area contributed by atoms with Crippen LogP contribution < -0.4 is 0 Å². The first-order valence-corrected chi connectivity index (χ1v) is 11.6. The van der Waals surface area contributed by atoms with Crippen molar-refractivity contribution in [3.63, 3.8) is 0 Å². The highest BCUT2D eigenvalue weighted by molar-refractivity contribution is 7.89. The summed E-state index contributed by atoms with van der Waals surface area (Å²) in [7, 11) is -3.57. The molecule has 0 aliphatic carbocycles. The van der Waals surface area contributed by atoms with Crippen molar-refractivity contribution in [2.24, 2.45) is 11.8 Å². The average molecular weight is 385 g/mol. The van der Waals surface area contributed by atoms with Gasteiger partial charge in [0.15, 0.2) is 0 Å². The second-order valence-corrected chi connectivity index (χ2v) is 10.3. The second kappa shape index (κ2) is 7.76. The van der Waals surface area contributed by atoms with Gasteiger partial charge in [-0.3, -0.25) is 4.79 Å². The molecular weight excluding hydrogens is 356 g/mol. The number of carbonyl (C=O) groups is 1. The first-order valence-electron chi connectivity index (χ1n) is 9.28. The first kappa shape index (κ1) is 18.9. The molecule has 1 unspecified atom stereocenters. The molecule has 3 heterocycles. The van der Waals surface area contributed by atoms with Crippen molar-refractivity contribution in [3.8, 4) is 0 Å². The van der Waals surface area contributed by atoms with Crippen LogP contribution in [0.5, 0.6) is 0 Å². The van der Waals surface area contributed by atoms with Crippen LogP contribution in [0.1, 0.15) is 55.6 Å². The van der Waals surface area contributed by atoms with Gasteiger partial charge in [0.25, 0.3) is 5.91 Å². The Morgan fingerprint density at radius 2 is 1.88 bits per heavy atom. The summed E-state index contributed by atoms with van der Waals surface area (Å²) >= 11 is 1.25. The van der Waals surface area contributed by atoms with E-state index in [0.29, 0.717) is 29.8 Å². The Morgan fingerprint density at radius 1 is 1.16 bits per heavy atom. The fourth-order valence-corrected chi connectivity index (χ4v) is 6.66. The SMILES string of the molecule is CC(C)C1CCCN(C(=O)c2sccc2S(=O)(=O)N2CCCCC2)C1. The molecule has 5 nitrogen and oxygen atoms in total. The Hall–Kier alpha value is -0.920. The second-order valence-electron chi connectivity index (χ2n) is 7.48. The highest BCUT2D eigenvalue weighted by Gasteiger charge is 2.34. The lowest BCUT2D eigenvalue weighted by Gasteiger charge is -2.35. The number of carbonyl (C=O) groups excluding carboxylic acids is 1. The zero-order chi connectivity index (χ0) is 18.0. The van der Waals surface area contributed by atoms with E-state index >= 15 is 0 Å². The Bertz CT molecular complexity index is 706. The zero-order valence-electron chi connectivity index (χ0n) is 15.1. The van der Waals surface area contributed by atoms with E-state index in [2.05, 4.69) is 13.8 Å². The van der Waals surface area contributed by atoms with E-state index in [1.54, 1.807) is 15.8 Å². The number of rotatable bonds is 4. The average Bonchev–Trinajstić information content (AvgIpc) is 3.12. The van der Waals surface area contributed by atoms with Crippen LogP contribution in [0.4, 0.5) is 0 Å². The molecule has 0 radical (unpaired) electrons. The number of nitrogens with zero attached hydrogens (tertiary/aromatic N) is 2. The Morgan fingerprint density at radius 3 is 2.56 bits per heavy atom. The summed E-state index contributed by atoms with van der Waals surface area (Å²) in [6.45, 7) is 6.96. The van der Waals surface area contributed by atoms with Gasteiger partial charge in [0.2, 0.25) is 10.0 Å². The van der Waals surface area contributed by atoms with Crippen LogP contribution >= 0.6 is 11.3 Å². The van der Waals surface area contributed by atoms with Gasteiger partial charge in [-0.2, -0.15) is 4.31 Å². The van der Waals surface area contributed by atoms with Crippen LogP contribution in [0.3, 0.4) is 0 Å². The molecule has 0 N–H and O–H groups in total. The third kappa shape index (κ3) is 3.93. The highest BCUT2D eigenvalue weighted by atomic mass is 32.2. The molecule has 1 aromatic heterocycles. The third-order valence-corrected chi connectivity index (χ3v) is 8.42. The highest BCUT2D eigenvalue weighted by Crippen LogP contribution is 2.30. The summed E-state index contributed by atoms with van der Waals surface area (Å²) in [6, 6.07) is 1.60. The van der Waals surface area contributed by atoms with Gasteiger partial charge in [0.1, 0.15) is 9.77 Å². The molecule has 25 heavy (non-hydrogen) atoms. The van der Waals surface area contributed by atoms with Crippen LogP contribution in [0.25, 0.3) is 0 Å². The molecule has 1 atom stereocenters. The minimum Gasteiger partial charge on any atom is -0.338 e. The molecule has 2 fully saturated rings. The van der Waals surface area contributed by atoms with Crippen LogP contribution in [0.2, 0.25) is 0 Å². The van der Waals surface area contributed by atoms with Crippen molar-refractivity contribution in [2.45, 2.75) is 50.8 Å². The first-order chi connectivity index (χ1) is 11.9. The number of thiophene rings is 1. The van der Waals surface area contributed by atoms with Crippen molar-refractivity contribution in [1.29, 1.82) is 0 Å². The molecule has 1 aromatic rings. The largest absolute Gasteiger partial charge is 0.338 e. The molecule has 2 saturated heterocycles. The van der Waals surface area contributed by atoms with Crippen molar-refractivity contribution >= 4 is 27.3 Å². The van der Waals surface area contributed by atoms with Gasteiger partial charge >= 0.3 is 0 Å². The van der Waals surface area contributed by atoms with Gasteiger partial charge in [-0.25, -0.2) is 8.42 Å². The summed E-state index contributed by atoms with van der Waals surface area (Å²) in [5, 5.41) is 1.73. The van der Waals surface area contributed by atoms with Crippen molar-refractivity contribution in [1.82, 2.24) is 9.21 Å². The van der Waals surface area contributed by atoms with E-state index in [-0.39, 0.29) is 10.8 Å². The van der Waals surface area contributed by atoms with Gasteiger partial charge in [0.05, 0.1) is 0 Å². The number of sulfonamides is 1. The van der Waals surface area contributed by atoms with Gasteiger partial charge in [-0.05, 0) is 49.0 Å². The van der Waals surface area contributed by atoms with Gasteiger partial charge in [0, 0.05) is 26.2 Å². The Labute approximate surface area is 155 Å². The van der Waals surface area contributed by atoms with Gasteiger partial charge in [-0.1, -0.05) is 20.3 Å². The summed E-state index contributed by atoms with van der Waals surface area (Å²) in [4.78, 5) is 15.5. The monoisotopic (exact) mass is 384 g/mol. The molecular formula is C18H28N2O3S2. The number of piperidine rings is 2. The maximum atomic E-state index is 13.0. The maximum absolute atomic E-state index is 13.0. The number of likely N-dealkylation sites (tertiary alicyclic amines) is 1. The minimum absolute atomic E-state index is 0.115. The molecule has 0 spiro atoms. The van der Waals surface area contributed by atoms with E-state index in [4.69, 9.17) is 0 Å². The van der Waals surface area contributed by atoms with Crippen LogP contribution in [0.15, 0.2) is 16.3 Å². The van der Waals surface area contributed by atoms with E-state index < -0.39 is 10.0 Å². The number of amides is 1. The number of hydrogen-bond acceptors (Lipinski definition) is 4. The lowest BCUT2D eigenvalue weighted by molar-refractivity contribution is 0.0643. The van der Waals surface area contributed by atoms with Gasteiger partial charge < -0.3 is 4.90 Å². The minimum atomic E-state index is -3.57. The zero-order valence-corrected chi connectivity index (χ0v) is 16.7. The molecule has 0 bridgehead atoms. The van der Waals surface area contributed by atoms with Crippen LogP contribution in [0, 0.1) is 11.8 Å². The molecule has 0 aromatic carbocycles. The lowest BCUT2D eigenvalue weighted by atomic mass is 9.88. The van der Waals surface area contributed by atoms with Crippen molar-refractivity contribution in [3.05, 3.63) is 16.3 Å². The molecule has 140 valence electrons. The molecule has 0 saturated carbocycles. The normalized spacial score (nSPS) is 23.2. The molecule has 7 heteroatoms. The summed E-state index contributed by atoms with van der Waals surface area (Å²) in [5.41, 5.74) is 0. The molecule has 1 amide bonds. The Kier molecular flexibility index (Phi) is 5.85. The third-order valence-electron chi connectivity index (χ3n) is 5.44. The van der Waals surface area contributed by atoms with E-state index in [0.717, 1.165) is 45.2 Å². The lowest BCUT2D eigenvalue weighted by Crippen LogP contribution is -2.42. The standard InChI is InChI=1S/C18H28N2O3S2/c1-14(2)15-7-6-9-19(13-15)18(21)17-16(8-12-24-17)25(22,23)20-10-4-3-5-11-20/h8,12,14-15H,3-7,9-11,13H2,1-2H3. The maximum Gasteiger partial charge on any atom is 0.265 e. The van der Waals surface area contributed by atoms with Crippen LogP contribution in [-0.2, 0) is 10.0 Å². The summed E-state index contributed by atoms with van der Waals surface area (Å²) in [6.07, 6.45) is 5.01. The predicted molar refractivity (Wildman–Crippen MR) is 100 cm³/mol.